The molecule has 3 heteroatoms. The molecule has 0 bridgehead atoms. The summed E-state index contributed by atoms with van der Waals surface area (Å²) in [5.74, 6) is 2.57. The summed E-state index contributed by atoms with van der Waals surface area (Å²) >= 11 is 2.09. The summed E-state index contributed by atoms with van der Waals surface area (Å²) in [5, 5.41) is 3.87. The fourth-order valence-electron chi connectivity index (χ4n) is 3.66. The van der Waals surface area contributed by atoms with E-state index in [2.05, 4.69) is 37.8 Å². The van der Waals surface area contributed by atoms with E-state index in [0.29, 0.717) is 11.5 Å². The molecule has 2 aliphatic rings. The first-order valence-electron chi connectivity index (χ1n) is 9.00. The minimum absolute atomic E-state index is 0.216. The fraction of sp³-hybridized carbons (Fsp3) is 1.00. The molecule has 0 saturated carbocycles. The Labute approximate surface area is 136 Å². The summed E-state index contributed by atoms with van der Waals surface area (Å²) in [6.45, 7) is 9.24. The smallest absolute Gasteiger partial charge is 0.0713 e. The number of hydrogen-bond donors (Lipinski definition) is 1. The summed E-state index contributed by atoms with van der Waals surface area (Å²) in [4.78, 5) is 0. The van der Waals surface area contributed by atoms with Gasteiger partial charge in [-0.2, -0.15) is 11.8 Å². The van der Waals surface area contributed by atoms with Crippen LogP contribution in [0, 0.1) is 5.41 Å². The van der Waals surface area contributed by atoms with Crippen LogP contribution in [0.3, 0.4) is 0 Å². The lowest BCUT2D eigenvalue weighted by atomic mass is 9.83. The Morgan fingerprint density at radius 1 is 1.24 bits per heavy atom. The second-order valence-corrected chi connectivity index (χ2v) is 9.06. The molecule has 0 aromatic heterocycles. The van der Waals surface area contributed by atoms with Crippen LogP contribution < -0.4 is 5.32 Å². The van der Waals surface area contributed by atoms with Gasteiger partial charge in [0.25, 0.3) is 0 Å². The van der Waals surface area contributed by atoms with Gasteiger partial charge >= 0.3 is 0 Å². The predicted molar refractivity (Wildman–Crippen MR) is 94.2 cm³/mol. The lowest BCUT2D eigenvalue weighted by Crippen LogP contribution is -2.50. The first-order valence-corrected chi connectivity index (χ1v) is 10.2. The Kier molecular flexibility index (Phi) is 6.89. The van der Waals surface area contributed by atoms with E-state index in [-0.39, 0.29) is 5.60 Å². The Balaban J connectivity index is 1.74. The maximum absolute atomic E-state index is 6.19. The molecule has 0 aromatic carbocycles. The third kappa shape index (κ3) is 5.76. The van der Waals surface area contributed by atoms with E-state index in [9.17, 15) is 0 Å². The Morgan fingerprint density at radius 3 is 2.71 bits per heavy atom. The number of unbranched alkanes of at least 4 members (excludes halogenated alkanes) is 2. The predicted octanol–water partition coefficient (Wildman–Crippen LogP) is 4.63. The summed E-state index contributed by atoms with van der Waals surface area (Å²) in [7, 11) is 0. The van der Waals surface area contributed by atoms with Crippen LogP contribution in [0.15, 0.2) is 0 Å². The van der Waals surface area contributed by atoms with Gasteiger partial charge in [-0.1, -0.05) is 40.0 Å². The molecule has 1 unspecified atom stereocenters. The molecule has 2 fully saturated rings. The maximum Gasteiger partial charge on any atom is 0.0713 e. The lowest BCUT2D eigenvalue weighted by molar-refractivity contribution is -0.0938. The van der Waals surface area contributed by atoms with Crippen molar-refractivity contribution in [1.29, 1.82) is 0 Å². The molecule has 1 atom stereocenters. The fourth-order valence-corrected chi connectivity index (χ4v) is 4.89. The Morgan fingerprint density at radius 2 is 2.00 bits per heavy atom. The van der Waals surface area contributed by atoms with Gasteiger partial charge in [-0.25, -0.2) is 0 Å². The van der Waals surface area contributed by atoms with Crippen LogP contribution in [0.25, 0.3) is 0 Å². The monoisotopic (exact) mass is 313 g/mol. The van der Waals surface area contributed by atoms with Gasteiger partial charge in [0.2, 0.25) is 0 Å². The van der Waals surface area contributed by atoms with Gasteiger partial charge < -0.3 is 10.1 Å². The second kappa shape index (κ2) is 8.21. The standard InChI is InChI=1S/C18H35NOS/c1-4-5-6-8-17(2,3)15-19-16-7-11-20-18(14-16)9-12-21-13-10-18/h16,19H,4-15H2,1-3H3. The maximum atomic E-state index is 6.19. The minimum Gasteiger partial charge on any atom is -0.375 e. The van der Waals surface area contributed by atoms with Crippen molar-refractivity contribution in [2.24, 2.45) is 5.41 Å². The summed E-state index contributed by atoms with van der Waals surface area (Å²) in [6.07, 6.45) is 10.4. The molecule has 21 heavy (non-hydrogen) atoms. The van der Waals surface area contributed by atoms with Crippen LogP contribution in [-0.2, 0) is 4.74 Å². The van der Waals surface area contributed by atoms with Crippen LogP contribution >= 0.6 is 11.8 Å². The van der Waals surface area contributed by atoms with Crippen molar-refractivity contribution in [3.05, 3.63) is 0 Å². The molecular weight excluding hydrogens is 278 g/mol. The van der Waals surface area contributed by atoms with E-state index in [1.807, 2.05) is 0 Å². The number of thioether (sulfide) groups is 1. The number of hydrogen-bond acceptors (Lipinski definition) is 3. The Hall–Kier alpha value is 0.270. The van der Waals surface area contributed by atoms with Crippen molar-refractivity contribution in [2.75, 3.05) is 24.7 Å². The molecule has 2 heterocycles. The first-order chi connectivity index (χ1) is 10.1. The van der Waals surface area contributed by atoms with Gasteiger partial charge in [0, 0.05) is 19.2 Å². The van der Waals surface area contributed by atoms with Gasteiger partial charge in [-0.3, -0.25) is 0 Å². The summed E-state index contributed by atoms with van der Waals surface area (Å²) in [5.41, 5.74) is 0.649. The van der Waals surface area contributed by atoms with Crippen LogP contribution in [0.5, 0.6) is 0 Å². The van der Waals surface area contributed by atoms with E-state index in [4.69, 9.17) is 4.74 Å². The van der Waals surface area contributed by atoms with Gasteiger partial charge in [-0.15, -0.1) is 0 Å². The van der Waals surface area contributed by atoms with Crippen LogP contribution in [0.1, 0.15) is 72.1 Å². The molecule has 0 amide bonds. The van der Waals surface area contributed by atoms with Crippen LogP contribution in [0.2, 0.25) is 0 Å². The molecule has 1 N–H and O–H groups in total. The van der Waals surface area contributed by atoms with E-state index < -0.39 is 0 Å². The number of ether oxygens (including phenoxy) is 1. The minimum atomic E-state index is 0.216. The van der Waals surface area contributed by atoms with Crippen molar-refractivity contribution in [1.82, 2.24) is 5.32 Å². The third-order valence-corrected chi connectivity index (χ3v) is 6.21. The highest BCUT2D eigenvalue weighted by Gasteiger charge is 2.38. The van der Waals surface area contributed by atoms with Gasteiger partial charge in [0.15, 0.2) is 0 Å². The molecule has 2 nitrogen and oxygen atoms in total. The van der Waals surface area contributed by atoms with Crippen molar-refractivity contribution in [3.8, 4) is 0 Å². The van der Waals surface area contributed by atoms with Gasteiger partial charge in [0.1, 0.15) is 0 Å². The zero-order valence-electron chi connectivity index (χ0n) is 14.4. The zero-order chi connectivity index (χ0) is 15.2. The molecule has 2 rings (SSSR count). The van der Waals surface area contributed by atoms with E-state index in [1.165, 1.54) is 62.9 Å². The quantitative estimate of drug-likeness (QED) is 0.693. The average Bonchev–Trinajstić information content (AvgIpc) is 2.46. The van der Waals surface area contributed by atoms with E-state index in [0.717, 1.165) is 13.2 Å². The topological polar surface area (TPSA) is 21.3 Å². The molecular formula is C18H35NOS. The van der Waals surface area contributed by atoms with Crippen molar-refractivity contribution >= 4 is 11.8 Å². The van der Waals surface area contributed by atoms with Crippen LogP contribution in [-0.4, -0.2) is 36.3 Å². The summed E-state index contributed by atoms with van der Waals surface area (Å²) < 4.78 is 6.19. The van der Waals surface area contributed by atoms with Gasteiger partial charge in [0.05, 0.1) is 5.60 Å². The van der Waals surface area contributed by atoms with Gasteiger partial charge in [-0.05, 0) is 49.0 Å². The molecule has 2 saturated heterocycles. The molecule has 0 radical (unpaired) electrons. The molecule has 1 spiro atoms. The third-order valence-electron chi connectivity index (χ3n) is 5.22. The molecule has 2 aliphatic heterocycles. The SMILES string of the molecule is CCCCCC(C)(C)CNC1CCOC2(CCSCC2)C1. The van der Waals surface area contributed by atoms with E-state index >= 15 is 0 Å². The summed E-state index contributed by atoms with van der Waals surface area (Å²) in [6, 6.07) is 0.673. The van der Waals surface area contributed by atoms with Crippen molar-refractivity contribution in [2.45, 2.75) is 83.8 Å². The van der Waals surface area contributed by atoms with Crippen LogP contribution in [0.4, 0.5) is 0 Å². The van der Waals surface area contributed by atoms with Crippen molar-refractivity contribution in [3.63, 3.8) is 0 Å². The zero-order valence-corrected chi connectivity index (χ0v) is 15.2. The average molecular weight is 314 g/mol. The Bertz CT molecular complexity index is 294. The second-order valence-electron chi connectivity index (χ2n) is 7.84. The lowest BCUT2D eigenvalue weighted by Gasteiger charge is -2.44. The normalized spacial score (nSPS) is 26.1. The number of rotatable bonds is 7. The molecule has 124 valence electrons. The first kappa shape index (κ1) is 17.6. The highest BCUT2D eigenvalue weighted by atomic mass is 32.2. The molecule has 0 aromatic rings. The molecule has 0 aliphatic carbocycles. The largest absolute Gasteiger partial charge is 0.375 e. The van der Waals surface area contributed by atoms with Crippen molar-refractivity contribution < 1.29 is 4.74 Å². The van der Waals surface area contributed by atoms with E-state index in [1.54, 1.807) is 0 Å². The highest BCUT2D eigenvalue weighted by molar-refractivity contribution is 7.99. The number of nitrogens with one attached hydrogen (secondary N) is 1. The highest BCUT2D eigenvalue weighted by Crippen LogP contribution is 2.37.